The maximum atomic E-state index is 11.8. The summed E-state index contributed by atoms with van der Waals surface area (Å²) >= 11 is 0. The molecule has 0 aliphatic heterocycles. The summed E-state index contributed by atoms with van der Waals surface area (Å²) in [6.07, 6.45) is 0. The predicted octanol–water partition coefficient (Wildman–Crippen LogP) is 2.44. The van der Waals surface area contributed by atoms with Crippen molar-refractivity contribution in [3.8, 4) is 11.5 Å². The van der Waals surface area contributed by atoms with Gasteiger partial charge in [0.25, 0.3) is 5.91 Å². The van der Waals surface area contributed by atoms with E-state index in [9.17, 15) is 9.59 Å². The topological polar surface area (TPSA) is 64.6 Å². The van der Waals surface area contributed by atoms with Crippen molar-refractivity contribution in [2.24, 2.45) is 5.92 Å². The van der Waals surface area contributed by atoms with Crippen molar-refractivity contribution < 1.29 is 19.1 Å². The molecule has 1 aromatic rings. The van der Waals surface area contributed by atoms with Gasteiger partial charge < -0.3 is 14.8 Å². The third-order valence-corrected chi connectivity index (χ3v) is 3.31. The molecule has 1 rings (SSSR count). The molecule has 0 fully saturated rings. The summed E-state index contributed by atoms with van der Waals surface area (Å²) in [6.45, 7) is 7.33. The monoisotopic (exact) mass is 293 g/mol. The molecule has 1 amide bonds. The molecule has 5 heteroatoms. The van der Waals surface area contributed by atoms with E-state index in [2.05, 4.69) is 5.32 Å². The van der Waals surface area contributed by atoms with Gasteiger partial charge in [-0.05, 0) is 38.0 Å². The number of hydrogen-bond donors (Lipinski definition) is 1. The molecule has 116 valence electrons. The second-order valence-electron chi connectivity index (χ2n) is 5.31. The largest absolute Gasteiger partial charge is 0.497 e. The summed E-state index contributed by atoms with van der Waals surface area (Å²) in [4.78, 5) is 23.4. The molecule has 1 aromatic carbocycles. The Kier molecular flexibility index (Phi) is 6.21. The first kappa shape index (κ1) is 17.0. The molecule has 1 N–H and O–H groups in total. The van der Waals surface area contributed by atoms with Crippen molar-refractivity contribution in [1.29, 1.82) is 0 Å². The molecule has 5 nitrogen and oxygen atoms in total. The van der Waals surface area contributed by atoms with Crippen LogP contribution in [0.25, 0.3) is 0 Å². The van der Waals surface area contributed by atoms with E-state index in [1.165, 1.54) is 14.0 Å². The number of hydrogen-bond acceptors (Lipinski definition) is 4. The lowest BCUT2D eigenvalue weighted by Crippen LogP contribution is -2.39. The van der Waals surface area contributed by atoms with Gasteiger partial charge in [0.15, 0.2) is 12.4 Å². The zero-order chi connectivity index (χ0) is 16.0. The maximum Gasteiger partial charge on any atom is 0.258 e. The lowest BCUT2D eigenvalue weighted by molar-refractivity contribution is -0.124. The Balaban J connectivity index is 2.71. The summed E-state index contributed by atoms with van der Waals surface area (Å²) < 4.78 is 10.5. The number of benzene rings is 1. The first-order valence-electron chi connectivity index (χ1n) is 6.96. The van der Waals surface area contributed by atoms with Crippen LogP contribution in [0.15, 0.2) is 18.2 Å². The fraction of sp³-hybridized carbons (Fsp3) is 0.500. The Morgan fingerprint density at radius 1 is 1.24 bits per heavy atom. The molecule has 0 spiro atoms. The highest BCUT2D eigenvalue weighted by molar-refractivity contribution is 5.97. The molecule has 0 aliphatic carbocycles. The van der Waals surface area contributed by atoms with Gasteiger partial charge in [0.1, 0.15) is 11.5 Å². The highest BCUT2D eigenvalue weighted by Crippen LogP contribution is 2.24. The lowest BCUT2D eigenvalue weighted by Gasteiger charge is -2.18. The molecule has 0 aliphatic rings. The molecular formula is C16H23NO4. The number of carbonyl (C=O) groups is 2. The Morgan fingerprint density at radius 3 is 2.43 bits per heavy atom. The Bertz CT molecular complexity index is 511. The number of Topliss-reactive ketones (excluding diaryl/α,β-unsaturated/α-hetero) is 1. The zero-order valence-electron chi connectivity index (χ0n) is 13.2. The van der Waals surface area contributed by atoms with Gasteiger partial charge in [-0.15, -0.1) is 0 Å². The molecule has 0 saturated carbocycles. The minimum Gasteiger partial charge on any atom is -0.497 e. The predicted molar refractivity (Wildman–Crippen MR) is 80.9 cm³/mol. The standard InChI is InChI=1S/C16H23NO4/c1-10(2)11(3)17-16(19)9-21-15-7-6-13(20-5)8-14(15)12(4)18/h6-8,10-11H,9H2,1-5H3,(H,17,19)/t11-/m0/s1. The molecular weight excluding hydrogens is 270 g/mol. The van der Waals surface area contributed by atoms with Crippen molar-refractivity contribution in [3.05, 3.63) is 23.8 Å². The normalized spacial score (nSPS) is 11.9. The van der Waals surface area contributed by atoms with Gasteiger partial charge in [-0.1, -0.05) is 13.8 Å². The molecule has 0 aromatic heterocycles. The summed E-state index contributed by atoms with van der Waals surface area (Å²) in [5, 5.41) is 2.85. The molecule has 0 bridgehead atoms. The molecule has 0 saturated heterocycles. The number of ketones is 1. The Hall–Kier alpha value is -2.04. The number of methoxy groups -OCH3 is 1. The van der Waals surface area contributed by atoms with Crippen LogP contribution in [-0.4, -0.2) is 31.4 Å². The fourth-order valence-corrected chi connectivity index (χ4v) is 1.64. The van der Waals surface area contributed by atoms with Crippen LogP contribution in [0.1, 0.15) is 38.1 Å². The van der Waals surface area contributed by atoms with Gasteiger partial charge in [0.2, 0.25) is 0 Å². The summed E-state index contributed by atoms with van der Waals surface area (Å²) in [5.74, 6) is 0.963. The van der Waals surface area contributed by atoms with E-state index in [0.29, 0.717) is 23.0 Å². The first-order valence-corrected chi connectivity index (χ1v) is 6.96. The van der Waals surface area contributed by atoms with Crippen LogP contribution in [0.3, 0.4) is 0 Å². The minimum absolute atomic E-state index is 0.0734. The van der Waals surface area contributed by atoms with Crippen LogP contribution >= 0.6 is 0 Å². The van der Waals surface area contributed by atoms with Gasteiger partial charge in [-0.3, -0.25) is 9.59 Å². The van der Waals surface area contributed by atoms with E-state index >= 15 is 0 Å². The number of ether oxygens (including phenoxy) is 2. The van der Waals surface area contributed by atoms with Gasteiger partial charge in [-0.2, -0.15) is 0 Å². The van der Waals surface area contributed by atoms with E-state index in [4.69, 9.17) is 9.47 Å². The van der Waals surface area contributed by atoms with Gasteiger partial charge in [-0.25, -0.2) is 0 Å². The highest BCUT2D eigenvalue weighted by Gasteiger charge is 2.14. The zero-order valence-corrected chi connectivity index (χ0v) is 13.2. The molecule has 0 radical (unpaired) electrons. The second kappa shape index (κ2) is 7.67. The Labute approximate surface area is 125 Å². The number of rotatable bonds is 7. The van der Waals surface area contributed by atoms with Crippen molar-refractivity contribution in [3.63, 3.8) is 0 Å². The third kappa shape index (κ3) is 5.10. The van der Waals surface area contributed by atoms with E-state index in [0.717, 1.165) is 0 Å². The average Bonchev–Trinajstić information content (AvgIpc) is 2.44. The van der Waals surface area contributed by atoms with E-state index in [1.54, 1.807) is 18.2 Å². The number of nitrogens with one attached hydrogen (secondary N) is 1. The van der Waals surface area contributed by atoms with Gasteiger partial charge in [0, 0.05) is 6.04 Å². The van der Waals surface area contributed by atoms with Crippen LogP contribution in [0, 0.1) is 5.92 Å². The molecule has 0 unspecified atom stereocenters. The number of amides is 1. The van der Waals surface area contributed by atoms with Crippen molar-refractivity contribution >= 4 is 11.7 Å². The molecule has 1 atom stereocenters. The van der Waals surface area contributed by atoms with Crippen LogP contribution in [0.4, 0.5) is 0 Å². The van der Waals surface area contributed by atoms with E-state index < -0.39 is 0 Å². The lowest BCUT2D eigenvalue weighted by atomic mass is 10.1. The fourth-order valence-electron chi connectivity index (χ4n) is 1.64. The summed E-state index contributed by atoms with van der Waals surface area (Å²) in [6, 6.07) is 5.00. The van der Waals surface area contributed by atoms with Crippen LogP contribution in [0.5, 0.6) is 11.5 Å². The van der Waals surface area contributed by atoms with Crippen molar-refractivity contribution in [2.75, 3.05) is 13.7 Å². The van der Waals surface area contributed by atoms with Gasteiger partial charge >= 0.3 is 0 Å². The van der Waals surface area contributed by atoms with Crippen molar-refractivity contribution in [1.82, 2.24) is 5.32 Å². The summed E-state index contributed by atoms with van der Waals surface area (Å²) in [7, 11) is 1.53. The van der Waals surface area contributed by atoms with E-state index in [1.807, 2.05) is 20.8 Å². The number of carbonyl (C=O) groups excluding carboxylic acids is 2. The molecule has 0 heterocycles. The maximum absolute atomic E-state index is 11.8. The van der Waals surface area contributed by atoms with Gasteiger partial charge in [0.05, 0.1) is 12.7 Å². The van der Waals surface area contributed by atoms with Crippen LogP contribution in [0.2, 0.25) is 0 Å². The first-order chi connectivity index (χ1) is 9.85. The smallest absolute Gasteiger partial charge is 0.258 e. The minimum atomic E-state index is -0.207. The molecule has 21 heavy (non-hydrogen) atoms. The average molecular weight is 293 g/mol. The SMILES string of the molecule is COc1ccc(OCC(=O)N[C@@H](C)C(C)C)c(C(C)=O)c1. The van der Waals surface area contributed by atoms with Crippen LogP contribution < -0.4 is 14.8 Å². The van der Waals surface area contributed by atoms with E-state index in [-0.39, 0.29) is 24.3 Å². The highest BCUT2D eigenvalue weighted by atomic mass is 16.5. The third-order valence-electron chi connectivity index (χ3n) is 3.31. The second-order valence-corrected chi connectivity index (χ2v) is 5.31. The quantitative estimate of drug-likeness (QED) is 0.784. The summed E-state index contributed by atoms with van der Waals surface area (Å²) in [5.41, 5.74) is 0.402. The Morgan fingerprint density at radius 2 is 1.90 bits per heavy atom. The van der Waals surface area contributed by atoms with Crippen molar-refractivity contribution in [2.45, 2.75) is 33.7 Å². The van der Waals surface area contributed by atoms with Crippen LogP contribution in [-0.2, 0) is 4.79 Å².